The van der Waals surface area contributed by atoms with Gasteiger partial charge >= 0.3 is 0 Å². The molecule has 8 heteroatoms. The fraction of sp³-hybridized carbons (Fsp3) is 0.391. The Balaban J connectivity index is 2.09. The van der Waals surface area contributed by atoms with Crippen molar-refractivity contribution in [2.75, 3.05) is 12.3 Å². The lowest BCUT2D eigenvalue weighted by Gasteiger charge is -2.29. The number of hydrogen-bond acceptors (Lipinski definition) is 3. The van der Waals surface area contributed by atoms with E-state index in [1.54, 1.807) is 31.2 Å². The van der Waals surface area contributed by atoms with Crippen LogP contribution in [-0.4, -0.2) is 35.1 Å². The predicted molar refractivity (Wildman–Crippen MR) is 127 cm³/mol. The number of thioether (sulfide) groups is 1. The smallest absolute Gasteiger partial charge is 0.242 e. The number of hydrogen-bond donors (Lipinski definition) is 1. The Kier molecular flexibility index (Phi) is 10.1. The molecule has 0 aliphatic heterocycles. The zero-order chi connectivity index (χ0) is 23.0. The lowest BCUT2D eigenvalue weighted by atomic mass is 10.1. The standard InChI is InChI=1S/C23H27Cl2FN2O2S/c1-15(2)11-27-23(30)16(3)28(12-17-7-9-18(24)10-8-17)22(29)14-31-13-19-20(25)5-4-6-21(19)26/h4-10,15-16H,11-14H2,1-3H3,(H,27,30)/t16-/m0/s1. The molecule has 0 aliphatic carbocycles. The molecule has 0 aromatic heterocycles. The molecule has 0 spiro atoms. The van der Waals surface area contributed by atoms with E-state index in [9.17, 15) is 14.0 Å². The molecule has 0 saturated heterocycles. The van der Waals surface area contributed by atoms with Gasteiger partial charge in [-0.1, -0.05) is 55.2 Å². The van der Waals surface area contributed by atoms with Crippen LogP contribution in [0.5, 0.6) is 0 Å². The molecular weight excluding hydrogens is 458 g/mol. The summed E-state index contributed by atoms with van der Waals surface area (Å²) in [5.41, 5.74) is 1.23. The predicted octanol–water partition coefficient (Wildman–Crippen LogP) is 5.56. The van der Waals surface area contributed by atoms with E-state index < -0.39 is 11.9 Å². The maximum absolute atomic E-state index is 14.0. The molecule has 1 N–H and O–H groups in total. The molecule has 4 nitrogen and oxygen atoms in total. The summed E-state index contributed by atoms with van der Waals surface area (Å²) in [6.45, 7) is 6.53. The molecule has 0 unspecified atom stereocenters. The first-order valence-electron chi connectivity index (χ1n) is 10.0. The molecule has 0 fully saturated rings. The van der Waals surface area contributed by atoms with Crippen molar-refractivity contribution in [3.63, 3.8) is 0 Å². The van der Waals surface area contributed by atoms with E-state index in [0.717, 1.165) is 5.56 Å². The molecule has 2 aromatic carbocycles. The van der Waals surface area contributed by atoms with Gasteiger partial charge in [-0.15, -0.1) is 11.8 Å². The Morgan fingerprint density at radius 1 is 1.10 bits per heavy atom. The van der Waals surface area contributed by atoms with Crippen molar-refractivity contribution < 1.29 is 14.0 Å². The molecule has 0 radical (unpaired) electrons. The third-order valence-electron chi connectivity index (χ3n) is 4.65. The van der Waals surface area contributed by atoms with Crippen LogP contribution in [0.2, 0.25) is 10.0 Å². The fourth-order valence-electron chi connectivity index (χ4n) is 2.82. The van der Waals surface area contributed by atoms with E-state index in [0.29, 0.717) is 28.1 Å². The Bertz CT molecular complexity index is 873. The van der Waals surface area contributed by atoms with Gasteiger partial charge in [-0.2, -0.15) is 0 Å². The van der Waals surface area contributed by atoms with Crippen molar-refractivity contribution >= 4 is 46.8 Å². The Morgan fingerprint density at radius 2 is 1.77 bits per heavy atom. The average Bonchev–Trinajstić information content (AvgIpc) is 2.73. The number of carbonyl (C=O) groups excluding carboxylic acids is 2. The van der Waals surface area contributed by atoms with Crippen LogP contribution >= 0.6 is 35.0 Å². The highest BCUT2D eigenvalue weighted by Gasteiger charge is 2.26. The minimum absolute atomic E-state index is 0.0973. The summed E-state index contributed by atoms with van der Waals surface area (Å²) in [5.74, 6) is -0.151. The first-order valence-corrected chi connectivity index (χ1v) is 11.9. The minimum Gasteiger partial charge on any atom is -0.354 e. The molecule has 1 atom stereocenters. The van der Waals surface area contributed by atoms with Crippen LogP contribution in [0.15, 0.2) is 42.5 Å². The van der Waals surface area contributed by atoms with Crippen molar-refractivity contribution in [1.29, 1.82) is 0 Å². The monoisotopic (exact) mass is 484 g/mol. The molecule has 168 valence electrons. The lowest BCUT2D eigenvalue weighted by molar-refractivity contribution is -0.138. The van der Waals surface area contributed by atoms with Gasteiger partial charge in [0.25, 0.3) is 0 Å². The maximum atomic E-state index is 14.0. The lowest BCUT2D eigenvalue weighted by Crippen LogP contribution is -2.48. The Hall–Kier alpha value is -1.76. The molecule has 0 bridgehead atoms. The third-order valence-corrected chi connectivity index (χ3v) is 6.20. The number of rotatable bonds is 10. The van der Waals surface area contributed by atoms with Gasteiger partial charge in [-0.05, 0) is 42.7 Å². The summed E-state index contributed by atoms with van der Waals surface area (Å²) in [6.07, 6.45) is 0. The van der Waals surface area contributed by atoms with Crippen molar-refractivity contribution in [1.82, 2.24) is 10.2 Å². The Labute approximate surface area is 197 Å². The van der Waals surface area contributed by atoms with Gasteiger partial charge in [0.05, 0.1) is 5.75 Å². The van der Waals surface area contributed by atoms with Gasteiger partial charge in [0, 0.05) is 34.5 Å². The maximum Gasteiger partial charge on any atom is 0.242 e. The molecular formula is C23H27Cl2FN2O2S. The van der Waals surface area contributed by atoms with Gasteiger partial charge in [0.15, 0.2) is 0 Å². The third kappa shape index (κ3) is 8.02. The summed E-state index contributed by atoms with van der Waals surface area (Å²) in [6, 6.07) is 11.0. The van der Waals surface area contributed by atoms with Crippen LogP contribution in [0.4, 0.5) is 4.39 Å². The van der Waals surface area contributed by atoms with Gasteiger partial charge in [0.1, 0.15) is 11.9 Å². The average molecular weight is 485 g/mol. The normalized spacial score (nSPS) is 12.0. The van der Waals surface area contributed by atoms with E-state index in [1.807, 2.05) is 26.0 Å². The van der Waals surface area contributed by atoms with E-state index in [1.165, 1.54) is 22.7 Å². The first-order chi connectivity index (χ1) is 14.7. The number of carbonyl (C=O) groups is 2. The number of benzene rings is 2. The first kappa shape index (κ1) is 25.5. The fourth-order valence-corrected chi connectivity index (χ4v) is 4.19. The van der Waals surface area contributed by atoms with E-state index in [-0.39, 0.29) is 29.9 Å². The highest BCUT2D eigenvalue weighted by atomic mass is 35.5. The topological polar surface area (TPSA) is 49.4 Å². The number of amides is 2. The summed E-state index contributed by atoms with van der Waals surface area (Å²) in [5, 5.41) is 3.81. The second-order valence-electron chi connectivity index (χ2n) is 7.66. The molecule has 0 aliphatic rings. The number of nitrogens with one attached hydrogen (secondary N) is 1. The van der Waals surface area contributed by atoms with Gasteiger partial charge < -0.3 is 10.2 Å². The van der Waals surface area contributed by atoms with Crippen LogP contribution in [0.25, 0.3) is 0 Å². The molecule has 0 heterocycles. The van der Waals surface area contributed by atoms with Crippen LogP contribution in [0, 0.1) is 11.7 Å². The summed E-state index contributed by atoms with van der Waals surface area (Å²) >= 11 is 13.3. The SMILES string of the molecule is CC(C)CNC(=O)[C@H](C)N(Cc1ccc(Cl)cc1)C(=O)CSCc1c(F)cccc1Cl. The second kappa shape index (κ2) is 12.3. The molecule has 0 saturated carbocycles. The summed E-state index contributed by atoms with van der Waals surface area (Å²) in [4.78, 5) is 27.2. The zero-order valence-electron chi connectivity index (χ0n) is 17.8. The van der Waals surface area contributed by atoms with Gasteiger partial charge in [-0.3, -0.25) is 9.59 Å². The second-order valence-corrected chi connectivity index (χ2v) is 9.49. The van der Waals surface area contributed by atoms with Crippen LogP contribution in [0.1, 0.15) is 31.9 Å². The quantitative estimate of drug-likeness (QED) is 0.480. The number of nitrogens with zero attached hydrogens (tertiary/aromatic N) is 1. The van der Waals surface area contributed by atoms with Crippen molar-refractivity contribution in [3.8, 4) is 0 Å². The minimum atomic E-state index is -0.653. The highest BCUT2D eigenvalue weighted by Crippen LogP contribution is 2.24. The molecule has 2 aromatic rings. The molecule has 2 rings (SSSR count). The van der Waals surface area contributed by atoms with Gasteiger partial charge in [-0.25, -0.2) is 4.39 Å². The van der Waals surface area contributed by atoms with Crippen molar-refractivity contribution in [3.05, 3.63) is 69.5 Å². The summed E-state index contributed by atoms with van der Waals surface area (Å²) in [7, 11) is 0. The van der Waals surface area contributed by atoms with Crippen molar-refractivity contribution in [2.24, 2.45) is 5.92 Å². The van der Waals surface area contributed by atoms with Gasteiger partial charge in [0.2, 0.25) is 11.8 Å². The van der Waals surface area contributed by atoms with Crippen LogP contribution in [0.3, 0.4) is 0 Å². The highest BCUT2D eigenvalue weighted by molar-refractivity contribution is 7.99. The van der Waals surface area contributed by atoms with Crippen LogP contribution in [-0.2, 0) is 21.9 Å². The summed E-state index contributed by atoms with van der Waals surface area (Å²) < 4.78 is 14.0. The Morgan fingerprint density at radius 3 is 2.39 bits per heavy atom. The van der Waals surface area contributed by atoms with E-state index >= 15 is 0 Å². The van der Waals surface area contributed by atoms with Crippen molar-refractivity contribution in [2.45, 2.75) is 39.1 Å². The van der Waals surface area contributed by atoms with E-state index in [2.05, 4.69) is 5.32 Å². The van der Waals surface area contributed by atoms with Crippen LogP contribution < -0.4 is 5.32 Å². The molecule has 31 heavy (non-hydrogen) atoms. The zero-order valence-corrected chi connectivity index (χ0v) is 20.2. The van der Waals surface area contributed by atoms with E-state index in [4.69, 9.17) is 23.2 Å². The molecule has 2 amide bonds. The largest absolute Gasteiger partial charge is 0.354 e. The number of halogens is 3.